The van der Waals surface area contributed by atoms with Gasteiger partial charge in [-0.25, -0.2) is 4.79 Å². The Morgan fingerprint density at radius 3 is 2.81 bits per heavy atom. The highest BCUT2D eigenvalue weighted by Crippen LogP contribution is 2.28. The van der Waals surface area contributed by atoms with Crippen LogP contribution in [-0.2, 0) is 4.74 Å². The zero-order valence-electron chi connectivity index (χ0n) is 9.13. The number of esters is 1. The number of benzene rings is 1. The Morgan fingerprint density at radius 2 is 2.25 bits per heavy atom. The maximum absolute atomic E-state index is 11.6. The largest absolute Gasteiger partial charge is 0.465 e. The average molecular weight is 284 g/mol. The lowest BCUT2D eigenvalue weighted by Gasteiger charge is -2.28. The van der Waals surface area contributed by atoms with Crippen LogP contribution >= 0.6 is 15.9 Å². The van der Waals surface area contributed by atoms with Crippen LogP contribution in [0.5, 0.6) is 0 Å². The third kappa shape index (κ3) is 2.38. The lowest BCUT2D eigenvalue weighted by atomic mass is 9.92. The number of methoxy groups -OCH3 is 1. The van der Waals surface area contributed by atoms with E-state index in [9.17, 15) is 4.79 Å². The van der Waals surface area contributed by atoms with Gasteiger partial charge in [-0.05, 0) is 37.5 Å². The molecule has 0 bridgehead atoms. The normalized spacial score (nSPS) is 15.4. The van der Waals surface area contributed by atoms with Crippen LogP contribution in [0.4, 0.5) is 5.69 Å². The van der Waals surface area contributed by atoms with E-state index in [0.717, 1.165) is 10.2 Å². The molecule has 3 nitrogen and oxygen atoms in total. The van der Waals surface area contributed by atoms with Crippen molar-refractivity contribution in [2.45, 2.75) is 25.3 Å². The first kappa shape index (κ1) is 11.5. The molecule has 2 rings (SSSR count). The Hall–Kier alpha value is -1.03. The van der Waals surface area contributed by atoms with Crippen molar-refractivity contribution in [1.29, 1.82) is 0 Å². The third-order valence-corrected chi connectivity index (χ3v) is 3.34. The molecule has 4 heteroatoms. The molecule has 0 spiro atoms. The number of anilines is 1. The van der Waals surface area contributed by atoms with Crippen molar-refractivity contribution in [3.63, 3.8) is 0 Å². The van der Waals surface area contributed by atoms with E-state index in [2.05, 4.69) is 21.2 Å². The van der Waals surface area contributed by atoms with Crippen molar-refractivity contribution in [3.8, 4) is 0 Å². The minimum Gasteiger partial charge on any atom is -0.465 e. The minimum atomic E-state index is -0.297. The van der Waals surface area contributed by atoms with Crippen molar-refractivity contribution in [3.05, 3.63) is 28.2 Å². The topological polar surface area (TPSA) is 38.3 Å². The maximum atomic E-state index is 11.6. The second-order valence-corrected chi connectivity index (χ2v) is 4.87. The standard InChI is InChI=1S/C12H14BrNO2/c1-16-12(15)10-6-5-8(13)7-11(10)14-9-3-2-4-9/h5-7,9,14H,2-4H2,1H3. The summed E-state index contributed by atoms with van der Waals surface area (Å²) in [6.07, 6.45) is 3.61. The van der Waals surface area contributed by atoms with E-state index in [-0.39, 0.29) is 5.97 Å². The van der Waals surface area contributed by atoms with Crippen LogP contribution in [0, 0.1) is 0 Å². The highest BCUT2D eigenvalue weighted by atomic mass is 79.9. The smallest absolute Gasteiger partial charge is 0.339 e. The zero-order chi connectivity index (χ0) is 11.5. The molecule has 1 fully saturated rings. The number of hydrogen-bond donors (Lipinski definition) is 1. The molecule has 0 aromatic heterocycles. The Bertz CT molecular complexity index is 402. The first-order valence-electron chi connectivity index (χ1n) is 5.35. The maximum Gasteiger partial charge on any atom is 0.339 e. The van der Waals surface area contributed by atoms with E-state index in [1.54, 1.807) is 6.07 Å². The van der Waals surface area contributed by atoms with Crippen molar-refractivity contribution < 1.29 is 9.53 Å². The predicted molar refractivity (Wildman–Crippen MR) is 66.7 cm³/mol. The van der Waals surface area contributed by atoms with Crippen molar-refractivity contribution in [2.75, 3.05) is 12.4 Å². The van der Waals surface area contributed by atoms with E-state index < -0.39 is 0 Å². The van der Waals surface area contributed by atoms with E-state index in [1.807, 2.05) is 12.1 Å². The first-order valence-corrected chi connectivity index (χ1v) is 6.14. The van der Waals surface area contributed by atoms with Gasteiger partial charge in [0, 0.05) is 10.5 Å². The molecule has 0 aliphatic heterocycles. The van der Waals surface area contributed by atoms with Gasteiger partial charge in [0.2, 0.25) is 0 Å². The van der Waals surface area contributed by atoms with Crippen LogP contribution in [-0.4, -0.2) is 19.1 Å². The molecule has 1 N–H and O–H groups in total. The van der Waals surface area contributed by atoms with Gasteiger partial charge in [0.1, 0.15) is 0 Å². The summed E-state index contributed by atoms with van der Waals surface area (Å²) in [7, 11) is 1.40. The van der Waals surface area contributed by atoms with Crippen LogP contribution in [0.2, 0.25) is 0 Å². The fourth-order valence-corrected chi connectivity index (χ4v) is 2.06. The van der Waals surface area contributed by atoms with Crippen molar-refractivity contribution in [1.82, 2.24) is 0 Å². The highest BCUT2D eigenvalue weighted by Gasteiger charge is 2.20. The van der Waals surface area contributed by atoms with Gasteiger partial charge in [-0.3, -0.25) is 0 Å². The molecule has 0 radical (unpaired) electrons. The summed E-state index contributed by atoms with van der Waals surface area (Å²) in [6.45, 7) is 0. The molecule has 0 saturated heterocycles. The average Bonchev–Trinajstić information content (AvgIpc) is 2.22. The number of nitrogens with one attached hydrogen (secondary N) is 1. The molecule has 0 unspecified atom stereocenters. The summed E-state index contributed by atoms with van der Waals surface area (Å²) in [5, 5.41) is 3.37. The molecule has 0 heterocycles. The molecule has 16 heavy (non-hydrogen) atoms. The van der Waals surface area contributed by atoms with Crippen LogP contribution < -0.4 is 5.32 Å². The van der Waals surface area contributed by atoms with Gasteiger partial charge in [-0.1, -0.05) is 15.9 Å². The summed E-state index contributed by atoms with van der Waals surface area (Å²) in [4.78, 5) is 11.6. The summed E-state index contributed by atoms with van der Waals surface area (Å²) in [5.74, 6) is -0.297. The number of ether oxygens (including phenoxy) is 1. The van der Waals surface area contributed by atoms with Gasteiger partial charge in [0.15, 0.2) is 0 Å². The number of carbonyl (C=O) groups excluding carboxylic acids is 1. The van der Waals surface area contributed by atoms with Gasteiger partial charge < -0.3 is 10.1 Å². The molecule has 1 aromatic carbocycles. The highest BCUT2D eigenvalue weighted by molar-refractivity contribution is 9.10. The second kappa shape index (κ2) is 4.87. The van der Waals surface area contributed by atoms with Gasteiger partial charge in [-0.15, -0.1) is 0 Å². The summed E-state index contributed by atoms with van der Waals surface area (Å²) < 4.78 is 5.72. The quantitative estimate of drug-likeness (QED) is 0.866. The first-order chi connectivity index (χ1) is 7.70. The summed E-state index contributed by atoms with van der Waals surface area (Å²) in [5.41, 5.74) is 1.45. The minimum absolute atomic E-state index is 0.297. The van der Waals surface area contributed by atoms with E-state index >= 15 is 0 Å². The molecule has 86 valence electrons. The fraction of sp³-hybridized carbons (Fsp3) is 0.417. The van der Waals surface area contributed by atoms with Gasteiger partial charge in [0.05, 0.1) is 18.4 Å². The second-order valence-electron chi connectivity index (χ2n) is 3.95. The molecule has 1 aliphatic rings. The van der Waals surface area contributed by atoms with E-state index in [4.69, 9.17) is 4.74 Å². The van der Waals surface area contributed by atoms with Crippen molar-refractivity contribution in [2.24, 2.45) is 0 Å². The Balaban J connectivity index is 2.24. The van der Waals surface area contributed by atoms with Crippen LogP contribution in [0.1, 0.15) is 29.6 Å². The molecular formula is C12H14BrNO2. The zero-order valence-corrected chi connectivity index (χ0v) is 10.7. The Labute approximate surface area is 103 Å². The third-order valence-electron chi connectivity index (χ3n) is 2.85. The summed E-state index contributed by atoms with van der Waals surface area (Å²) >= 11 is 3.41. The SMILES string of the molecule is COC(=O)c1ccc(Br)cc1NC1CCC1. The van der Waals surface area contributed by atoms with Gasteiger partial charge in [-0.2, -0.15) is 0 Å². The molecule has 1 aliphatic carbocycles. The van der Waals surface area contributed by atoms with E-state index in [0.29, 0.717) is 11.6 Å². The van der Waals surface area contributed by atoms with E-state index in [1.165, 1.54) is 26.4 Å². The molecule has 0 amide bonds. The lowest BCUT2D eigenvalue weighted by molar-refractivity contribution is 0.0601. The lowest BCUT2D eigenvalue weighted by Crippen LogP contribution is -2.28. The van der Waals surface area contributed by atoms with Crippen molar-refractivity contribution >= 4 is 27.6 Å². The van der Waals surface area contributed by atoms with Crippen LogP contribution in [0.15, 0.2) is 22.7 Å². The Kier molecular flexibility index (Phi) is 3.49. The molecule has 1 saturated carbocycles. The molecule has 0 atom stereocenters. The van der Waals surface area contributed by atoms with Crippen LogP contribution in [0.25, 0.3) is 0 Å². The Morgan fingerprint density at radius 1 is 1.50 bits per heavy atom. The molecule has 1 aromatic rings. The fourth-order valence-electron chi connectivity index (χ4n) is 1.70. The van der Waals surface area contributed by atoms with Crippen LogP contribution in [0.3, 0.4) is 0 Å². The number of hydrogen-bond acceptors (Lipinski definition) is 3. The number of halogens is 1. The monoisotopic (exact) mass is 283 g/mol. The number of rotatable bonds is 3. The van der Waals surface area contributed by atoms with Gasteiger partial charge in [0.25, 0.3) is 0 Å². The predicted octanol–water partition coefficient (Wildman–Crippen LogP) is 3.20. The van der Waals surface area contributed by atoms with Gasteiger partial charge >= 0.3 is 5.97 Å². The molecular weight excluding hydrogens is 270 g/mol. The summed E-state index contributed by atoms with van der Waals surface area (Å²) in [6, 6.07) is 6.04. The number of carbonyl (C=O) groups is 1.